The number of hydrogen-bond donors (Lipinski definition) is 1. The van der Waals surface area contributed by atoms with Crippen LogP contribution in [0.5, 0.6) is 0 Å². The molecule has 0 saturated carbocycles. The molecule has 0 aliphatic carbocycles. The van der Waals surface area contributed by atoms with Crippen LogP contribution in [0, 0.1) is 13.8 Å². The van der Waals surface area contributed by atoms with E-state index in [0.717, 1.165) is 10.4 Å². The van der Waals surface area contributed by atoms with Crippen LogP contribution in [0.4, 0.5) is 0 Å². The van der Waals surface area contributed by atoms with Crippen LogP contribution in [0.25, 0.3) is 0 Å². The van der Waals surface area contributed by atoms with Gasteiger partial charge in [-0.3, -0.25) is 0 Å². The van der Waals surface area contributed by atoms with Gasteiger partial charge in [-0.25, -0.2) is 8.42 Å². The van der Waals surface area contributed by atoms with Crippen molar-refractivity contribution in [1.29, 1.82) is 0 Å². The number of aryl methyl sites for hydroxylation is 2. The highest BCUT2D eigenvalue weighted by molar-refractivity contribution is 7.91. The molecular formula is C11H19NO2S2. The van der Waals surface area contributed by atoms with Gasteiger partial charge in [0, 0.05) is 16.0 Å². The fourth-order valence-corrected chi connectivity index (χ4v) is 3.90. The van der Waals surface area contributed by atoms with Gasteiger partial charge in [0.2, 0.25) is 0 Å². The van der Waals surface area contributed by atoms with Gasteiger partial charge in [-0.15, -0.1) is 11.3 Å². The van der Waals surface area contributed by atoms with E-state index in [1.807, 2.05) is 13.8 Å². The molecule has 16 heavy (non-hydrogen) atoms. The Morgan fingerprint density at radius 2 is 1.94 bits per heavy atom. The highest BCUT2D eigenvalue weighted by Crippen LogP contribution is 2.31. The van der Waals surface area contributed by atoms with Gasteiger partial charge in [0.25, 0.3) is 0 Å². The first-order valence-corrected chi connectivity index (χ1v) is 7.97. The summed E-state index contributed by atoms with van der Waals surface area (Å²) in [6, 6.07) is 1.98. The van der Waals surface area contributed by atoms with E-state index in [-0.39, 0.29) is 6.04 Å². The maximum Gasteiger partial charge on any atom is 0.151 e. The molecule has 0 bridgehead atoms. The average molecular weight is 261 g/mol. The van der Waals surface area contributed by atoms with Crippen molar-refractivity contribution in [3.8, 4) is 0 Å². The summed E-state index contributed by atoms with van der Waals surface area (Å²) in [7, 11) is -1.22. The van der Waals surface area contributed by atoms with E-state index in [1.165, 1.54) is 11.1 Å². The molecule has 1 heterocycles. The number of rotatable bonds is 4. The van der Waals surface area contributed by atoms with Gasteiger partial charge < -0.3 is 5.32 Å². The monoisotopic (exact) mass is 261 g/mol. The van der Waals surface area contributed by atoms with Gasteiger partial charge in [-0.05, 0) is 39.4 Å². The standard InChI is InChI=1S/C11H19NO2S2/c1-7-6-8(2)15-11(7)10(12-4)9(3)16(5,13)14/h6,9-10,12H,1-5H3. The predicted molar refractivity (Wildman–Crippen MR) is 69.9 cm³/mol. The van der Waals surface area contributed by atoms with Gasteiger partial charge in [-0.2, -0.15) is 0 Å². The van der Waals surface area contributed by atoms with Gasteiger partial charge in [-0.1, -0.05) is 0 Å². The van der Waals surface area contributed by atoms with Crippen molar-refractivity contribution in [2.75, 3.05) is 13.3 Å². The molecule has 1 rings (SSSR count). The normalized spacial score (nSPS) is 16.1. The molecule has 1 aromatic rings. The maximum atomic E-state index is 11.6. The molecule has 1 aromatic heterocycles. The van der Waals surface area contributed by atoms with Crippen LogP contribution in [-0.4, -0.2) is 27.0 Å². The van der Waals surface area contributed by atoms with Crippen LogP contribution in [0.2, 0.25) is 0 Å². The molecule has 0 saturated heterocycles. The molecular weight excluding hydrogens is 242 g/mol. The fraction of sp³-hybridized carbons (Fsp3) is 0.636. The predicted octanol–water partition coefficient (Wildman–Crippen LogP) is 2.06. The minimum atomic E-state index is -3.03. The molecule has 0 amide bonds. The largest absolute Gasteiger partial charge is 0.311 e. The second-order valence-electron chi connectivity index (χ2n) is 4.21. The van der Waals surface area contributed by atoms with E-state index < -0.39 is 15.1 Å². The Hall–Kier alpha value is -0.390. The van der Waals surface area contributed by atoms with Gasteiger partial charge >= 0.3 is 0 Å². The SMILES string of the molecule is CNC(c1sc(C)cc1C)C(C)S(C)(=O)=O. The molecule has 0 fully saturated rings. The Morgan fingerprint density at radius 1 is 1.38 bits per heavy atom. The molecule has 1 N–H and O–H groups in total. The van der Waals surface area contributed by atoms with Crippen LogP contribution in [0.3, 0.4) is 0 Å². The Labute approximate surface area is 102 Å². The minimum Gasteiger partial charge on any atom is -0.311 e. The van der Waals surface area contributed by atoms with E-state index >= 15 is 0 Å². The third kappa shape index (κ3) is 2.84. The van der Waals surface area contributed by atoms with E-state index in [4.69, 9.17) is 0 Å². The molecule has 0 aliphatic rings. The molecule has 0 spiro atoms. The lowest BCUT2D eigenvalue weighted by Gasteiger charge is -2.21. The zero-order chi connectivity index (χ0) is 12.5. The lowest BCUT2D eigenvalue weighted by Crippen LogP contribution is -2.32. The second-order valence-corrected chi connectivity index (χ2v) is 7.90. The molecule has 2 unspecified atom stereocenters. The van der Waals surface area contributed by atoms with Gasteiger partial charge in [0.15, 0.2) is 9.84 Å². The topological polar surface area (TPSA) is 46.2 Å². The Morgan fingerprint density at radius 3 is 2.25 bits per heavy atom. The van der Waals surface area contributed by atoms with E-state index in [2.05, 4.69) is 11.4 Å². The van der Waals surface area contributed by atoms with E-state index in [1.54, 1.807) is 25.3 Å². The van der Waals surface area contributed by atoms with Crippen molar-refractivity contribution in [3.63, 3.8) is 0 Å². The zero-order valence-corrected chi connectivity index (χ0v) is 12.0. The minimum absolute atomic E-state index is 0.117. The lowest BCUT2D eigenvalue weighted by molar-refractivity contribution is 0.538. The van der Waals surface area contributed by atoms with E-state index in [9.17, 15) is 8.42 Å². The number of thiophene rings is 1. The highest BCUT2D eigenvalue weighted by Gasteiger charge is 2.28. The summed E-state index contributed by atoms with van der Waals surface area (Å²) >= 11 is 1.66. The first kappa shape index (κ1) is 13.7. The Kier molecular flexibility index (Phi) is 4.15. The van der Waals surface area contributed by atoms with E-state index in [0.29, 0.717) is 0 Å². The Bertz CT molecular complexity index is 462. The molecule has 2 atom stereocenters. The first-order chi connectivity index (χ1) is 7.27. The smallest absolute Gasteiger partial charge is 0.151 e. The van der Waals surface area contributed by atoms with Crippen LogP contribution in [-0.2, 0) is 9.84 Å². The summed E-state index contributed by atoms with van der Waals surface area (Å²) in [6.07, 6.45) is 1.29. The first-order valence-electron chi connectivity index (χ1n) is 5.20. The fourth-order valence-electron chi connectivity index (χ4n) is 1.79. The van der Waals surface area contributed by atoms with Gasteiger partial charge in [0.1, 0.15) is 0 Å². The summed E-state index contributed by atoms with van der Waals surface area (Å²) in [5.74, 6) is 0. The summed E-state index contributed by atoms with van der Waals surface area (Å²) in [6.45, 7) is 5.82. The van der Waals surface area contributed by atoms with Crippen LogP contribution < -0.4 is 5.32 Å². The summed E-state index contributed by atoms with van der Waals surface area (Å²) in [5.41, 5.74) is 1.16. The molecule has 0 radical (unpaired) electrons. The molecule has 3 nitrogen and oxygen atoms in total. The number of hydrogen-bond acceptors (Lipinski definition) is 4. The molecule has 0 aromatic carbocycles. The molecule has 92 valence electrons. The number of nitrogens with one attached hydrogen (secondary N) is 1. The van der Waals surface area contributed by atoms with Crippen molar-refractivity contribution in [2.45, 2.75) is 32.1 Å². The van der Waals surface area contributed by atoms with Crippen LogP contribution in [0.1, 0.15) is 28.3 Å². The second kappa shape index (κ2) is 4.85. The highest BCUT2D eigenvalue weighted by atomic mass is 32.2. The third-order valence-electron chi connectivity index (χ3n) is 2.82. The Balaban J connectivity index is 3.13. The van der Waals surface area contributed by atoms with Crippen molar-refractivity contribution < 1.29 is 8.42 Å². The summed E-state index contributed by atoms with van der Waals surface area (Å²) in [5, 5.41) is 2.70. The van der Waals surface area contributed by atoms with Crippen molar-refractivity contribution >= 4 is 21.2 Å². The quantitative estimate of drug-likeness (QED) is 0.902. The lowest BCUT2D eigenvalue weighted by atomic mass is 10.1. The van der Waals surface area contributed by atoms with Crippen molar-refractivity contribution in [3.05, 3.63) is 21.4 Å². The van der Waals surface area contributed by atoms with Crippen LogP contribution in [0.15, 0.2) is 6.07 Å². The average Bonchev–Trinajstić information content (AvgIpc) is 2.45. The van der Waals surface area contributed by atoms with Crippen molar-refractivity contribution in [1.82, 2.24) is 5.32 Å². The maximum absolute atomic E-state index is 11.6. The summed E-state index contributed by atoms with van der Waals surface area (Å²) in [4.78, 5) is 2.34. The van der Waals surface area contributed by atoms with Crippen LogP contribution >= 0.6 is 11.3 Å². The summed E-state index contributed by atoms with van der Waals surface area (Å²) < 4.78 is 23.2. The third-order valence-corrected chi connectivity index (χ3v) is 5.68. The zero-order valence-electron chi connectivity index (χ0n) is 10.4. The van der Waals surface area contributed by atoms with Crippen molar-refractivity contribution in [2.24, 2.45) is 0 Å². The molecule has 5 heteroatoms. The molecule has 0 aliphatic heterocycles. The van der Waals surface area contributed by atoms with Gasteiger partial charge in [0.05, 0.1) is 11.3 Å². The number of sulfone groups is 1.